The molecule has 0 saturated heterocycles. The van der Waals surface area contributed by atoms with Gasteiger partial charge in [-0.3, -0.25) is 4.79 Å². The Morgan fingerprint density at radius 2 is 1.63 bits per heavy atom. The molecule has 3 aromatic carbocycles. The average molecular weight is 466 g/mol. The van der Waals surface area contributed by atoms with E-state index in [-0.39, 0.29) is 21.4 Å². The lowest BCUT2D eigenvalue weighted by Gasteiger charge is -2.23. The molecule has 0 aromatic heterocycles. The molecule has 3 rings (SSSR count). The second-order valence-corrected chi connectivity index (χ2v) is 8.67. The summed E-state index contributed by atoms with van der Waals surface area (Å²) < 4.78 is 37.7. The Balaban J connectivity index is 1.96. The zero-order chi connectivity index (χ0) is 21.7. The Hall–Kier alpha value is -2.74. The molecule has 0 aliphatic heterocycles. The standard InChI is InChI=1S/C21H17Cl2NO5S/c1-28-17-10-8-16(9-11-17)24(30(26,27)18-5-3-2-4-6-18)21(25)14-29-20-13-15(22)7-12-19(20)23/h2-13H,14H2,1H3. The second kappa shape index (κ2) is 9.38. The summed E-state index contributed by atoms with van der Waals surface area (Å²) in [6.45, 7) is -0.571. The maximum Gasteiger partial charge on any atom is 0.278 e. The average Bonchev–Trinajstić information content (AvgIpc) is 2.75. The van der Waals surface area contributed by atoms with E-state index in [4.69, 9.17) is 32.7 Å². The summed E-state index contributed by atoms with van der Waals surface area (Å²) in [4.78, 5) is 13.0. The molecule has 0 aliphatic rings. The van der Waals surface area contributed by atoms with Gasteiger partial charge in [0.2, 0.25) is 0 Å². The number of halogens is 2. The van der Waals surface area contributed by atoms with Gasteiger partial charge in [0.25, 0.3) is 15.9 Å². The van der Waals surface area contributed by atoms with Gasteiger partial charge in [0.05, 0.1) is 22.7 Å². The maximum absolute atomic E-state index is 13.2. The Bertz CT molecular complexity index is 1140. The summed E-state index contributed by atoms with van der Waals surface area (Å²) in [6, 6.07) is 18.3. The van der Waals surface area contributed by atoms with Crippen LogP contribution >= 0.6 is 23.2 Å². The molecule has 0 heterocycles. The molecule has 0 fully saturated rings. The molecule has 0 radical (unpaired) electrons. The van der Waals surface area contributed by atoms with Crippen molar-refractivity contribution >= 4 is 44.8 Å². The van der Waals surface area contributed by atoms with Crippen molar-refractivity contribution in [1.29, 1.82) is 0 Å². The molecule has 1 amide bonds. The van der Waals surface area contributed by atoms with E-state index in [2.05, 4.69) is 0 Å². The molecule has 30 heavy (non-hydrogen) atoms. The zero-order valence-electron chi connectivity index (χ0n) is 15.8. The minimum atomic E-state index is -4.19. The van der Waals surface area contributed by atoms with Gasteiger partial charge in [0.15, 0.2) is 6.61 Å². The largest absolute Gasteiger partial charge is 0.497 e. The first-order valence-electron chi connectivity index (χ1n) is 8.68. The number of ether oxygens (including phenoxy) is 2. The van der Waals surface area contributed by atoms with Crippen LogP contribution in [0.2, 0.25) is 10.0 Å². The highest BCUT2D eigenvalue weighted by Gasteiger charge is 2.31. The van der Waals surface area contributed by atoms with Crippen LogP contribution in [0.15, 0.2) is 77.7 Å². The van der Waals surface area contributed by atoms with Gasteiger partial charge in [-0.15, -0.1) is 0 Å². The molecule has 6 nitrogen and oxygen atoms in total. The second-order valence-electron chi connectivity index (χ2n) is 6.04. The zero-order valence-corrected chi connectivity index (χ0v) is 18.1. The van der Waals surface area contributed by atoms with Crippen LogP contribution in [-0.2, 0) is 14.8 Å². The van der Waals surface area contributed by atoms with Crippen molar-refractivity contribution in [2.75, 3.05) is 18.0 Å². The van der Waals surface area contributed by atoms with Crippen molar-refractivity contribution < 1.29 is 22.7 Å². The van der Waals surface area contributed by atoms with Gasteiger partial charge in [-0.2, -0.15) is 4.31 Å². The number of amides is 1. The van der Waals surface area contributed by atoms with Crippen LogP contribution in [0.5, 0.6) is 11.5 Å². The number of anilines is 1. The predicted molar refractivity (Wildman–Crippen MR) is 116 cm³/mol. The quantitative estimate of drug-likeness (QED) is 0.500. The van der Waals surface area contributed by atoms with Gasteiger partial charge in [-0.05, 0) is 48.5 Å². The monoisotopic (exact) mass is 465 g/mol. The van der Waals surface area contributed by atoms with Gasteiger partial charge < -0.3 is 9.47 Å². The van der Waals surface area contributed by atoms with Crippen LogP contribution in [0.3, 0.4) is 0 Å². The molecular formula is C21H17Cl2NO5S. The third-order valence-corrected chi connectivity index (χ3v) is 6.37. The Morgan fingerprint density at radius 1 is 0.967 bits per heavy atom. The Kier molecular flexibility index (Phi) is 6.87. The summed E-state index contributed by atoms with van der Waals surface area (Å²) in [5.41, 5.74) is 0.144. The van der Waals surface area contributed by atoms with Crippen LogP contribution < -0.4 is 13.8 Å². The Labute approximate surface area is 184 Å². The van der Waals surface area contributed by atoms with Crippen LogP contribution in [0.4, 0.5) is 5.69 Å². The number of carbonyl (C=O) groups excluding carboxylic acids is 1. The lowest BCUT2D eigenvalue weighted by molar-refractivity contribution is -0.119. The van der Waals surface area contributed by atoms with Crippen molar-refractivity contribution in [2.45, 2.75) is 4.90 Å². The van der Waals surface area contributed by atoms with Gasteiger partial charge in [-0.25, -0.2) is 8.42 Å². The first-order valence-corrected chi connectivity index (χ1v) is 10.9. The molecular weight excluding hydrogens is 449 g/mol. The smallest absolute Gasteiger partial charge is 0.278 e. The van der Waals surface area contributed by atoms with E-state index in [0.29, 0.717) is 15.1 Å². The number of hydrogen-bond donors (Lipinski definition) is 0. The highest BCUT2D eigenvalue weighted by Crippen LogP contribution is 2.29. The number of nitrogens with zero attached hydrogens (tertiary/aromatic N) is 1. The molecule has 0 aliphatic carbocycles. The molecule has 156 valence electrons. The van der Waals surface area contributed by atoms with E-state index in [1.165, 1.54) is 43.5 Å². The van der Waals surface area contributed by atoms with E-state index < -0.39 is 22.5 Å². The molecule has 0 unspecified atom stereocenters. The number of benzene rings is 3. The SMILES string of the molecule is COc1ccc(N(C(=O)COc2cc(Cl)ccc2Cl)S(=O)(=O)c2ccccc2)cc1. The van der Waals surface area contributed by atoms with E-state index in [0.717, 1.165) is 0 Å². The summed E-state index contributed by atoms with van der Waals surface area (Å²) in [5, 5.41) is 0.611. The van der Waals surface area contributed by atoms with E-state index in [1.54, 1.807) is 36.4 Å². The number of rotatable bonds is 7. The molecule has 0 N–H and O–H groups in total. The predicted octanol–water partition coefficient (Wildman–Crippen LogP) is 4.80. The molecule has 9 heteroatoms. The number of sulfonamides is 1. The number of methoxy groups -OCH3 is 1. The lowest BCUT2D eigenvalue weighted by Crippen LogP contribution is -2.40. The minimum absolute atomic E-state index is 0.0324. The fraction of sp³-hybridized carbons (Fsp3) is 0.0952. The summed E-state index contributed by atoms with van der Waals surface area (Å²) in [5.74, 6) is -0.116. The summed E-state index contributed by atoms with van der Waals surface area (Å²) >= 11 is 12.0. The molecule has 0 spiro atoms. The minimum Gasteiger partial charge on any atom is -0.497 e. The van der Waals surface area contributed by atoms with Crippen LogP contribution in [0.25, 0.3) is 0 Å². The van der Waals surface area contributed by atoms with Crippen LogP contribution in [0.1, 0.15) is 0 Å². The van der Waals surface area contributed by atoms with Crippen LogP contribution in [-0.4, -0.2) is 28.0 Å². The van der Waals surface area contributed by atoms with Gasteiger partial charge in [0.1, 0.15) is 11.5 Å². The Morgan fingerprint density at radius 3 is 2.27 bits per heavy atom. The first kappa shape index (κ1) is 22.0. The van der Waals surface area contributed by atoms with Gasteiger partial charge in [-0.1, -0.05) is 41.4 Å². The highest BCUT2D eigenvalue weighted by molar-refractivity contribution is 7.93. The first-order chi connectivity index (χ1) is 14.3. The number of carbonyl (C=O) groups is 1. The maximum atomic E-state index is 13.2. The topological polar surface area (TPSA) is 72.9 Å². The summed E-state index contributed by atoms with van der Waals surface area (Å²) in [7, 11) is -2.70. The van der Waals surface area contributed by atoms with Crippen LogP contribution in [0, 0.1) is 0 Å². The van der Waals surface area contributed by atoms with Gasteiger partial charge >= 0.3 is 0 Å². The molecule has 0 atom stereocenters. The third kappa shape index (κ3) is 4.87. The fourth-order valence-electron chi connectivity index (χ4n) is 2.62. The summed E-state index contributed by atoms with van der Waals surface area (Å²) in [6.07, 6.45) is 0. The van der Waals surface area contributed by atoms with Gasteiger partial charge in [0, 0.05) is 11.1 Å². The normalized spacial score (nSPS) is 11.0. The van der Waals surface area contributed by atoms with Crippen molar-refractivity contribution in [1.82, 2.24) is 0 Å². The van der Waals surface area contributed by atoms with Crippen molar-refractivity contribution in [3.63, 3.8) is 0 Å². The van der Waals surface area contributed by atoms with Crippen molar-refractivity contribution in [2.24, 2.45) is 0 Å². The molecule has 0 saturated carbocycles. The van der Waals surface area contributed by atoms with Crippen molar-refractivity contribution in [3.8, 4) is 11.5 Å². The van der Waals surface area contributed by atoms with E-state index in [9.17, 15) is 13.2 Å². The number of hydrogen-bond acceptors (Lipinski definition) is 5. The molecule has 3 aromatic rings. The van der Waals surface area contributed by atoms with E-state index in [1.807, 2.05) is 0 Å². The lowest BCUT2D eigenvalue weighted by atomic mass is 10.3. The third-order valence-electron chi connectivity index (χ3n) is 4.06. The fourth-order valence-corrected chi connectivity index (χ4v) is 4.38. The van der Waals surface area contributed by atoms with E-state index >= 15 is 0 Å². The molecule has 0 bridgehead atoms. The van der Waals surface area contributed by atoms with Crippen molar-refractivity contribution in [3.05, 3.63) is 82.8 Å². The highest BCUT2D eigenvalue weighted by atomic mass is 35.5.